The van der Waals surface area contributed by atoms with Crippen LogP contribution in [0.25, 0.3) is 0 Å². The Labute approximate surface area is 73.4 Å². The lowest BCUT2D eigenvalue weighted by Crippen LogP contribution is -2.18. The summed E-state index contributed by atoms with van der Waals surface area (Å²) in [4.78, 5) is -0.116. The molecule has 0 radical (unpaired) electrons. The van der Waals surface area contributed by atoms with Crippen molar-refractivity contribution in [2.45, 2.75) is 25.1 Å². The highest BCUT2D eigenvalue weighted by atomic mass is 35.5. The van der Waals surface area contributed by atoms with E-state index in [4.69, 9.17) is 11.6 Å². The summed E-state index contributed by atoms with van der Waals surface area (Å²) in [5.41, 5.74) is 1.26. The van der Waals surface area contributed by atoms with Crippen LogP contribution in [-0.4, -0.2) is 4.87 Å². The Morgan fingerprint density at radius 2 is 2.20 bits per heavy atom. The second kappa shape index (κ2) is 3.45. The van der Waals surface area contributed by atoms with E-state index >= 15 is 0 Å². The minimum atomic E-state index is -0.116. The third-order valence-corrected chi connectivity index (χ3v) is 2.26. The molecule has 1 rings (SSSR count). The van der Waals surface area contributed by atoms with Crippen molar-refractivity contribution in [3.63, 3.8) is 0 Å². The minimum Gasteiger partial charge on any atom is -0.147 e. The number of hydrogen-bond donors (Lipinski definition) is 0. The fourth-order valence-corrected chi connectivity index (χ4v) is 0.989. The van der Waals surface area contributed by atoms with Crippen LogP contribution in [0, 0.1) is 0 Å². The van der Waals surface area contributed by atoms with Crippen LogP contribution in [0.1, 0.15) is 20.3 Å². The van der Waals surface area contributed by atoms with Crippen LogP contribution in [0.5, 0.6) is 0 Å². The topological polar surface area (TPSA) is 0 Å². The predicted molar refractivity (Wildman–Crippen MR) is 49.0 cm³/mol. The van der Waals surface area contributed by atoms with Gasteiger partial charge >= 0.3 is 0 Å². The molecule has 58 valence electrons. The van der Waals surface area contributed by atoms with Crippen LogP contribution < -0.4 is 0 Å². The van der Waals surface area contributed by atoms with Crippen LogP contribution in [0.15, 0.2) is 23.8 Å². The van der Waals surface area contributed by atoms with Crippen molar-refractivity contribution < 1.29 is 0 Å². The SMILES string of the molecule is CC1=CC=CCC1(C)Cl.Cl. The molecule has 0 nitrogen and oxygen atoms in total. The quantitative estimate of drug-likeness (QED) is 0.500. The van der Waals surface area contributed by atoms with E-state index in [0.717, 1.165) is 6.42 Å². The Bertz CT molecular complexity index is 166. The lowest BCUT2D eigenvalue weighted by atomic mass is 9.94. The maximum Gasteiger partial charge on any atom is 0.0661 e. The second-order valence-corrected chi connectivity index (χ2v) is 3.51. The first-order valence-electron chi connectivity index (χ1n) is 3.16. The molecule has 0 N–H and O–H groups in total. The standard InChI is InChI=1S/C8H11Cl.ClH/c1-7-5-3-4-6-8(7,2)9;/h3-5H,6H2,1-2H3;1H. The summed E-state index contributed by atoms with van der Waals surface area (Å²) in [7, 11) is 0. The van der Waals surface area contributed by atoms with E-state index < -0.39 is 0 Å². The van der Waals surface area contributed by atoms with Gasteiger partial charge < -0.3 is 0 Å². The van der Waals surface area contributed by atoms with Gasteiger partial charge in [-0.25, -0.2) is 0 Å². The minimum absolute atomic E-state index is 0. The summed E-state index contributed by atoms with van der Waals surface area (Å²) in [6.07, 6.45) is 7.17. The zero-order valence-electron chi connectivity index (χ0n) is 6.23. The van der Waals surface area contributed by atoms with Gasteiger partial charge in [-0.1, -0.05) is 23.8 Å². The molecule has 0 saturated carbocycles. The van der Waals surface area contributed by atoms with Gasteiger partial charge in [0.2, 0.25) is 0 Å². The van der Waals surface area contributed by atoms with Gasteiger partial charge in [-0.05, 0) is 20.3 Å². The Kier molecular flexibility index (Phi) is 3.47. The molecular formula is C8H12Cl2. The molecule has 0 aromatic rings. The molecule has 0 heterocycles. The van der Waals surface area contributed by atoms with E-state index in [1.54, 1.807) is 0 Å². The van der Waals surface area contributed by atoms with Crippen molar-refractivity contribution in [2.75, 3.05) is 0 Å². The fourth-order valence-electron chi connectivity index (χ4n) is 0.836. The third kappa shape index (κ3) is 2.03. The molecule has 0 spiro atoms. The molecule has 0 aromatic heterocycles. The van der Waals surface area contributed by atoms with Crippen molar-refractivity contribution in [2.24, 2.45) is 0 Å². The van der Waals surface area contributed by atoms with Crippen molar-refractivity contribution >= 4 is 24.0 Å². The number of halogens is 2. The van der Waals surface area contributed by atoms with E-state index in [1.165, 1.54) is 5.57 Å². The van der Waals surface area contributed by atoms with Gasteiger partial charge in [-0.2, -0.15) is 0 Å². The van der Waals surface area contributed by atoms with E-state index in [-0.39, 0.29) is 17.3 Å². The first-order chi connectivity index (χ1) is 4.13. The highest BCUT2D eigenvalue weighted by Gasteiger charge is 2.22. The first kappa shape index (κ1) is 10.1. The molecule has 1 aliphatic carbocycles. The summed E-state index contributed by atoms with van der Waals surface area (Å²) < 4.78 is 0. The molecule has 1 atom stereocenters. The largest absolute Gasteiger partial charge is 0.147 e. The molecule has 2 heteroatoms. The van der Waals surface area contributed by atoms with Gasteiger partial charge in [0.05, 0.1) is 4.87 Å². The normalized spacial score (nSPS) is 30.9. The highest BCUT2D eigenvalue weighted by molar-refractivity contribution is 6.25. The molecule has 0 saturated heterocycles. The third-order valence-electron chi connectivity index (χ3n) is 1.81. The van der Waals surface area contributed by atoms with Gasteiger partial charge in [-0.15, -0.1) is 24.0 Å². The molecule has 0 fully saturated rings. The van der Waals surface area contributed by atoms with Gasteiger partial charge in [0.15, 0.2) is 0 Å². The lowest BCUT2D eigenvalue weighted by Gasteiger charge is -2.23. The number of alkyl halides is 1. The Hall–Kier alpha value is 0.0600. The van der Waals surface area contributed by atoms with E-state index in [9.17, 15) is 0 Å². The molecule has 0 bridgehead atoms. The fraction of sp³-hybridized carbons (Fsp3) is 0.500. The summed E-state index contributed by atoms with van der Waals surface area (Å²) in [5, 5.41) is 0. The van der Waals surface area contributed by atoms with Crippen LogP contribution in [0.2, 0.25) is 0 Å². The lowest BCUT2D eigenvalue weighted by molar-refractivity contribution is 0.732. The highest BCUT2D eigenvalue weighted by Crippen LogP contribution is 2.30. The van der Waals surface area contributed by atoms with Crippen molar-refractivity contribution in [3.05, 3.63) is 23.8 Å². The van der Waals surface area contributed by atoms with Crippen LogP contribution >= 0.6 is 24.0 Å². The Balaban J connectivity index is 0.000000810. The first-order valence-corrected chi connectivity index (χ1v) is 3.53. The van der Waals surface area contributed by atoms with E-state index in [2.05, 4.69) is 25.2 Å². The van der Waals surface area contributed by atoms with E-state index in [1.807, 2.05) is 6.92 Å². The average molecular weight is 179 g/mol. The summed E-state index contributed by atoms with van der Waals surface area (Å²) in [6.45, 7) is 4.11. The van der Waals surface area contributed by atoms with Gasteiger partial charge in [0, 0.05) is 0 Å². The molecule has 0 aliphatic heterocycles. The molecule has 0 amide bonds. The maximum atomic E-state index is 6.10. The van der Waals surface area contributed by atoms with Crippen LogP contribution in [0.4, 0.5) is 0 Å². The molecule has 1 aliphatic rings. The Morgan fingerprint density at radius 3 is 2.50 bits per heavy atom. The van der Waals surface area contributed by atoms with E-state index in [0.29, 0.717) is 0 Å². The number of allylic oxidation sites excluding steroid dienone is 4. The summed E-state index contributed by atoms with van der Waals surface area (Å²) in [5.74, 6) is 0. The zero-order valence-corrected chi connectivity index (χ0v) is 7.80. The zero-order chi connectivity index (χ0) is 6.91. The van der Waals surface area contributed by atoms with Gasteiger partial charge in [-0.3, -0.25) is 0 Å². The number of rotatable bonds is 0. The summed E-state index contributed by atoms with van der Waals surface area (Å²) in [6, 6.07) is 0. The average Bonchev–Trinajstić information content (AvgIpc) is 1.77. The monoisotopic (exact) mass is 178 g/mol. The van der Waals surface area contributed by atoms with Crippen molar-refractivity contribution in [3.8, 4) is 0 Å². The number of hydrogen-bond acceptors (Lipinski definition) is 0. The molecule has 1 unspecified atom stereocenters. The predicted octanol–water partition coefficient (Wildman–Crippen LogP) is 3.31. The van der Waals surface area contributed by atoms with Crippen molar-refractivity contribution in [1.29, 1.82) is 0 Å². The summed E-state index contributed by atoms with van der Waals surface area (Å²) >= 11 is 6.10. The van der Waals surface area contributed by atoms with Gasteiger partial charge in [0.25, 0.3) is 0 Å². The van der Waals surface area contributed by atoms with Crippen LogP contribution in [0.3, 0.4) is 0 Å². The van der Waals surface area contributed by atoms with Crippen molar-refractivity contribution in [1.82, 2.24) is 0 Å². The smallest absolute Gasteiger partial charge is 0.0661 e. The molecular weight excluding hydrogens is 167 g/mol. The maximum absolute atomic E-state index is 6.10. The second-order valence-electron chi connectivity index (χ2n) is 2.68. The van der Waals surface area contributed by atoms with Crippen LogP contribution in [-0.2, 0) is 0 Å². The van der Waals surface area contributed by atoms with Gasteiger partial charge in [0.1, 0.15) is 0 Å². The Morgan fingerprint density at radius 1 is 1.60 bits per heavy atom. The molecule has 10 heavy (non-hydrogen) atoms. The molecule has 0 aromatic carbocycles.